The van der Waals surface area contributed by atoms with Gasteiger partial charge in [-0.2, -0.15) is 26.3 Å². The largest absolute Gasteiger partial charge is 0.540 e. The van der Waals surface area contributed by atoms with Crippen LogP contribution in [0.2, 0.25) is 0 Å². The summed E-state index contributed by atoms with van der Waals surface area (Å²) in [6, 6.07) is 7.78. The van der Waals surface area contributed by atoms with E-state index in [0.717, 1.165) is 19.3 Å². The number of carbonyl (C=O) groups excluding carboxylic acids is 9. The third-order valence-corrected chi connectivity index (χ3v) is 27.8. The van der Waals surface area contributed by atoms with Crippen molar-refractivity contribution in [3.63, 3.8) is 0 Å². The van der Waals surface area contributed by atoms with E-state index in [1.54, 1.807) is 132 Å². The van der Waals surface area contributed by atoms with Crippen LogP contribution in [0.5, 0.6) is 34.9 Å². The van der Waals surface area contributed by atoms with Crippen LogP contribution >= 0.6 is 0 Å². The molecule has 0 spiro atoms. The van der Waals surface area contributed by atoms with E-state index < -0.39 is 214 Å². The maximum Gasteiger partial charge on any atom is 0.408 e. The van der Waals surface area contributed by atoms with Gasteiger partial charge in [-0.15, -0.1) is 0 Å². The number of amides is 6. The average molecular weight is 2030 g/mol. The predicted molar refractivity (Wildman–Crippen MR) is 470 cm³/mol. The van der Waals surface area contributed by atoms with Crippen molar-refractivity contribution in [2.45, 2.75) is 251 Å². The zero-order chi connectivity index (χ0) is 96.8. The van der Waals surface area contributed by atoms with Gasteiger partial charge in [0.1, 0.15) is 71.5 Å². The fraction of sp³-hybridized carbons (Fsp3) is 0.653. The number of rotatable bonds is 6. The van der Waals surface area contributed by atoms with Gasteiger partial charge in [-0.05, 0) is 141 Å². The molecule has 33 nitrogen and oxygen atoms in total. The Balaban J connectivity index is 0.000000195. The molecular formula is C95H119F6N12O21V3-3. The molecule has 3 aromatic heterocycles. The van der Waals surface area contributed by atoms with Gasteiger partial charge in [0, 0.05) is 111 Å². The Hall–Kier alpha value is -9.08. The van der Waals surface area contributed by atoms with Crippen LogP contribution in [0.3, 0.4) is 0 Å². The van der Waals surface area contributed by atoms with Gasteiger partial charge in [-0.1, -0.05) is 101 Å². The second-order valence-corrected chi connectivity index (χ2v) is 40.2. The molecule has 3 aromatic carbocycles. The van der Waals surface area contributed by atoms with Crippen molar-refractivity contribution in [1.82, 2.24) is 60.6 Å². The van der Waals surface area contributed by atoms with Crippen LogP contribution in [0.25, 0.3) is 33.1 Å². The summed E-state index contributed by atoms with van der Waals surface area (Å²) in [5.41, 5.74) is -3.69. The maximum absolute atomic E-state index is 15.9. The molecule has 4 aliphatic carbocycles. The number of benzene rings is 3. The number of ether oxygens (including phenoxy) is 12. The summed E-state index contributed by atoms with van der Waals surface area (Å²) in [7, 11) is 4.43. The van der Waals surface area contributed by atoms with Crippen LogP contribution in [0.4, 0.5) is 40.7 Å². The molecule has 6 aliphatic heterocycles. The summed E-state index contributed by atoms with van der Waals surface area (Å²) in [5.74, 6) is -13.7. The van der Waals surface area contributed by atoms with Crippen LogP contribution in [0.1, 0.15) is 178 Å². The molecule has 3 N–H and O–H groups in total. The predicted octanol–water partition coefficient (Wildman–Crippen LogP) is 12.7. The Morgan fingerprint density at radius 2 is 0.766 bits per heavy atom. The van der Waals surface area contributed by atoms with Gasteiger partial charge in [-0.3, -0.25) is 14.4 Å². The number of hydrogen-bond acceptors (Lipinski definition) is 27. The molecule has 9 heterocycles. The maximum atomic E-state index is 15.9. The fourth-order valence-electron chi connectivity index (χ4n) is 19.5. The summed E-state index contributed by atoms with van der Waals surface area (Å²) < 4.78 is 164. The van der Waals surface area contributed by atoms with E-state index in [1.165, 1.54) is 48.2 Å². The Kier molecular flexibility index (Phi) is 34.5. The quantitative estimate of drug-likeness (QED) is 0.0792. The molecule has 6 amide bonds. The molecule has 2 unspecified atom stereocenters. The topological polar surface area (TPSA) is 388 Å². The number of halogens is 6. The van der Waals surface area contributed by atoms with Crippen LogP contribution in [0, 0.1) is 63.6 Å². The third kappa shape index (κ3) is 23.9. The minimum Gasteiger partial charge on any atom is -0.540 e. The van der Waals surface area contributed by atoms with Crippen molar-refractivity contribution in [3.05, 3.63) is 71.7 Å². The Morgan fingerprint density at radius 3 is 1.13 bits per heavy atom. The molecule has 16 rings (SSSR count). The number of alkyl halides is 6. The minimum atomic E-state index is -3.50. The van der Waals surface area contributed by atoms with E-state index in [0.29, 0.717) is 61.2 Å². The zero-order valence-corrected chi connectivity index (χ0v) is 83.7. The van der Waals surface area contributed by atoms with Crippen LogP contribution in [0.15, 0.2) is 54.6 Å². The molecule has 3 saturated heterocycles. The van der Waals surface area contributed by atoms with Gasteiger partial charge >= 0.3 is 18.3 Å². The van der Waals surface area contributed by atoms with Crippen molar-refractivity contribution in [2.24, 2.45) is 63.6 Å². The number of nitrogens with one attached hydrogen (secondary N) is 3. The number of alkyl carbamates (subject to hydrolysis) is 3. The van der Waals surface area contributed by atoms with Gasteiger partial charge in [0.15, 0.2) is 17.1 Å². The molecule has 42 heteroatoms. The van der Waals surface area contributed by atoms with E-state index in [4.69, 9.17) is 56.8 Å². The minimum absolute atomic E-state index is 0. The van der Waals surface area contributed by atoms with Gasteiger partial charge in [-0.25, -0.2) is 63.1 Å². The molecule has 6 bridgehead atoms. The monoisotopic (exact) mass is 2030 g/mol. The first kappa shape index (κ1) is 108. The first-order valence-corrected chi connectivity index (χ1v) is 45.7. The molecule has 20 atom stereocenters. The number of hydrogen-bond donors (Lipinski definition) is 3. The number of nitrogens with zero attached hydrogens (tertiary/aromatic N) is 9. The second-order valence-electron chi connectivity index (χ2n) is 40.2. The molecule has 4 saturated carbocycles. The molecule has 745 valence electrons. The van der Waals surface area contributed by atoms with E-state index in [9.17, 15) is 43.2 Å². The van der Waals surface area contributed by atoms with Gasteiger partial charge in [0.2, 0.25) is 35.4 Å². The number of carbonyl (C=O) groups is 6. The van der Waals surface area contributed by atoms with E-state index in [1.807, 2.05) is 18.9 Å². The summed E-state index contributed by atoms with van der Waals surface area (Å²) in [5, 5.41) is 8.23. The Morgan fingerprint density at radius 1 is 0.409 bits per heavy atom. The second kappa shape index (κ2) is 43.6. The zero-order valence-electron chi connectivity index (χ0n) is 79.5. The third-order valence-electron chi connectivity index (χ3n) is 27.8. The van der Waals surface area contributed by atoms with Crippen LogP contribution < -0.4 is 44.4 Å². The smallest absolute Gasteiger partial charge is 0.408 e. The number of methoxy groups -OCH3 is 3. The number of fused-ring (bicyclic) bond motifs is 17. The van der Waals surface area contributed by atoms with Crippen molar-refractivity contribution in [2.75, 3.05) is 80.6 Å². The van der Waals surface area contributed by atoms with Crippen LogP contribution in [-0.4, -0.2) is 252 Å². The Labute approximate surface area is 827 Å². The molecular weight excluding hydrogens is 1910 g/mol. The van der Waals surface area contributed by atoms with Crippen LogP contribution in [-0.2, 0) is 131 Å². The molecule has 7 fully saturated rings. The first-order valence-electron chi connectivity index (χ1n) is 45.7. The van der Waals surface area contributed by atoms with Crippen molar-refractivity contribution < 1.29 is 182 Å². The van der Waals surface area contributed by atoms with E-state index in [-0.39, 0.29) is 166 Å². The standard InChI is InChI=1S/C32H39F2N4O7.C32H41F2N4O7.C31H39F2N4O7.3V/c1-16-23(14-39)38-13-25(16)44-28-26(35-21-7-6-18(42-5)12-22(21)36-28)32(33,34)8-9-43-15-20-19-10-17(19)11-24(20)45-30(41)37-27(29(38)40)31(2,3)4;1-18-23(16-39)38-15-24(18)44-27-25(35-21-10-9-20(42-6)14-22(21)36-27)32(33,34)12-13-43-17-19-8-7-11-31(19,5)45-29(41)37-26(28(38)40)30(2,3)4;1-17-22(15-38)37-14-24(17)43-27-25(34-20-10-9-19(41-5)13-21(20)35-27)31(32,33)11-12-42-16-18-7-6-8-23(18)44-29(40)36-26(28(37)39)30(2,3)4;;;/h6-7,12,16-17,19-20,23-25,27H,8-11,13,15H2,1-5H3,(H,37,41);9-10,14,18-19,23-24,26H,7-8,11-13,15,17H2,1-6H3,(H,37,41);9-10,13,17-18,22-24,26H,6-8,11-12,14,16H2,1-5H3,(H,36,40);;;/q3*-1;;;/t16-,17?,19?,20+,23+,24+,25-,27+;18-,19-,23+,24-,26+,31+;17-,18-,22+,23+,24-,26+;;;/m000.../s1. The van der Waals surface area contributed by atoms with E-state index >= 15 is 26.3 Å². The van der Waals surface area contributed by atoms with E-state index in [2.05, 4.69) is 45.9 Å². The summed E-state index contributed by atoms with van der Waals surface area (Å²) in [4.78, 5) is 148. The Bertz CT molecular complexity index is 5260. The molecule has 137 heavy (non-hydrogen) atoms. The molecule has 3 radical (unpaired) electrons. The van der Waals surface area contributed by atoms with Gasteiger partial charge in [0.05, 0.1) is 114 Å². The average Bonchev–Trinajstić information content (AvgIpc) is 1.61. The fourth-order valence-corrected chi connectivity index (χ4v) is 19.5. The van der Waals surface area contributed by atoms with Crippen molar-refractivity contribution in [3.8, 4) is 34.9 Å². The summed E-state index contributed by atoms with van der Waals surface area (Å²) >= 11 is 0. The van der Waals surface area contributed by atoms with Crippen molar-refractivity contribution >= 4 is 88.0 Å². The van der Waals surface area contributed by atoms with Crippen molar-refractivity contribution in [1.29, 1.82) is 0 Å². The molecule has 10 aliphatic rings. The van der Waals surface area contributed by atoms with Gasteiger partial charge in [0.25, 0.3) is 17.8 Å². The first-order chi connectivity index (χ1) is 63.3. The summed E-state index contributed by atoms with van der Waals surface area (Å²) in [6.07, 6.45) is 3.47. The normalized spacial score (nSPS) is 30.8. The molecule has 6 aromatic rings. The number of aromatic nitrogens is 6. The summed E-state index contributed by atoms with van der Waals surface area (Å²) in [6.45, 7) is 22.1. The van der Waals surface area contributed by atoms with Gasteiger partial charge < -0.3 is 102 Å². The SMILES string of the molecule is COc1ccc2nc3c(nc2c1)O[C@H]1CN(C(=O)[C@H](C(C)(C)C)NC(=O)O[C@@H]2CC4CC4[C@H]2COCCC3(F)F)[C@H]([C-]=O)[C@@H]1C.COc1ccc2nc3c(nc2c1)O[C@H]1CN(C(=O)[C@H](C(C)(C)C)NC(=O)O[C@@H]2CCC[C@H]2COCCC3(F)F)[C@H]([C-]=O)[C@@H]1C.COc1ccc2nc3c(nc2c1)O[C@H]1CN(C(=O)[C@H](C(C)(C)C)NC(=O)O[C@]2(C)CCC[C@H]2COCCC3(F)F)[C@H]([C-]=O)[C@@H]1C.[V].[V].[V].